The first-order valence-corrected chi connectivity index (χ1v) is 4.29. The largest absolute Gasteiger partial charge is 0.326 e. The summed E-state index contributed by atoms with van der Waals surface area (Å²) in [5, 5.41) is 0.628. The molecule has 0 aliphatic heterocycles. The Morgan fingerprint density at radius 2 is 2.38 bits per heavy atom. The second-order valence-electron chi connectivity index (χ2n) is 2.37. The maximum Gasteiger partial charge on any atom is 0.259 e. The second kappa shape index (κ2) is 3.87. The van der Waals surface area contributed by atoms with Crippen LogP contribution < -0.4 is 11.3 Å². The quantitative estimate of drug-likeness (QED) is 0.745. The van der Waals surface area contributed by atoms with Crippen molar-refractivity contribution in [2.45, 2.75) is 6.54 Å². The van der Waals surface area contributed by atoms with E-state index in [2.05, 4.69) is 9.97 Å². The Balaban J connectivity index is 0.000000845. The molecule has 0 fully saturated rings. The summed E-state index contributed by atoms with van der Waals surface area (Å²) >= 11 is 1.46. The minimum absolute atomic E-state index is 0. The smallest absolute Gasteiger partial charge is 0.259 e. The number of hydrogen-bond acceptors (Lipinski definition) is 4. The molecule has 0 saturated carbocycles. The zero-order chi connectivity index (χ0) is 8.55. The van der Waals surface area contributed by atoms with Crippen molar-refractivity contribution in [1.29, 1.82) is 0 Å². The summed E-state index contributed by atoms with van der Waals surface area (Å²) in [6, 6.07) is 1.78. The average Bonchev–Trinajstić information content (AvgIpc) is 2.49. The van der Waals surface area contributed by atoms with Gasteiger partial charge in [-0.1, -0.05) is 0 Å². The zero-order valence-electron chi connectivity index (χ0n) is 6.61. The van der Waals surface area contributed by atoms with Gasteiger partial charge in [-0.3, -0.25) is 4.79 Å². The lowest BCUT2D eigenvalue weighted by atomic mass is 10.3. The Labute approximate surface area is 84.2 Å². The number of thiophene rings is 1. The minimum atomic E-state index is -0.101. The fourth-order valence-electron chi connectivity index (χ4n) is 1.02. The molecule has 6 heteroatoms. The second-order valence-corrected chi connectivity index (χ2v) is 3.48. The molecule has 4 nitrogen and oxygen atoms in total. The van der Waals surface area contributed by atoms with Crippen LogP contribution in [0.15, 0.2) is 17.2 Å². The fraction of sp³-hybridized carbons (Fsp3) is 0.143. The highest BCUT2D eigenvalue weighted by atomic mass is 35.5. The Kier molecular flexibility index (Phi) is 3.02. The molecule has 70 valence electrons. The maximum absolute atomic E-state index is 11.2. The van der Waals surface area contributed by atoms with Crippen molar-refractivity contribution in [2.75, 3.05) is 0 Å². The molecule has 2 rings (SSSR count). The third-order valence-corrected chi connectivity index (χ3v) is 2.65. The summed E-state index contributed by atoms with van der Waals surface area (Å²) < 4.78 is 0. The highest BCUT2D eigenvalue weighted by Gasteiger charge is 2.03. The summed E-state index contributed by atoms with van der Waals surface area (Å²) in [6.45, 7) is 0.459. The molecular formula is C7H8ClN3OS. The lowest BCUT2D eigenvalue weighted by molar-refractivity contribution is 1.11. The van der Waals surface area contributed by atoms with Gasteiger partial charge in [-0.15, -0.1) is 23.7 Å². The topological polar surface area (TPSA) is 71.8 Å². The van der Waals surface area contributed by atoms with Gasteiger partial charge >= 0.3 is 0 Å². The summed E-state index contributed by atoms with van der Waals surface area (Å²) in [5.74, 6) is 0. The van der Waals surface area contributed by atoms with Crippen LogP contribution in [0.2, 0.25) is 0 Å². The number of H-pyrrole nitrogens is 1. The van der Waals surface area contributed by atoms with E-state index in [9.17, 15) is 4.79 Å². The van der Waals surface area contributed by atoms with E-state index in [1.54, 1.807) is 6.07 Å². The van der Waals surface area contributed by atoms with Crippen LogP contribution in [0.4, 0.5) is 0 Å². The van der Waals surface area contributed by atoms with Crippen LogP contribution in [0, 0.1) is 0 Å². The molecule has 0 saturated heterocycles. The maximum atomic E-state index is 11.2. The van der Waals surface area contributed by atoms with Crippen LogP contribution in [0.1, 0.15) is 4.88 Å². The molecular weight excluding hydrogens is 210 g/mol. The first-order chi connectivity index (χ1) is 5.81. The van der Waals surface area contributed by atoms with Crippen molar-refractivity contribution in [3.63, 3.8) is 0 Å². The first kappa shape index (κ1) is 10.2. The number of nitrogens with zero attached hydrogens (tertiary/aromatic N) is 1. The number of nitrogens with one attached hydrogen (secondary N) is 1. The van der Waals surface area contributed by atoms with E-state index in [1.165, 1.54) is 17.7 Å². The lowest BCUT2D eigenvalue weighted by Gasteiger charge is -1.82. The third-order valence-electron chi connectivity index (χ3n) is 1.59. The Morgan fingerprint density at radius 3 is 3.00 bits per heavy atom. The molecule has 0 atom stereocenters. The van der Waals surface area contributed by atoms with Crippen LogP contribution in [0.3, 0.4) is 0 Å². The van der Waals surface area contributed by atoms with Crippen LogP contribution in [0.25, 0.3) is 10.2 Å². The highest BCUT2D eigenvalue weighted by molar-refractivity contribution is 7.18. The minimum Gasteiger partial charge on any atom is -0.326 e. The van der Waals surface area contributed by atoms with E-state index in [0.29, 0.717) is 11.9 Å². The molecule has 2 aromatic heterocycles. The van der Waals surface area contributed by atoms with Crippen molar-refractivity contribution in [1.82, 2.24) is 9.97 Å². The van der Waals surface area contributed by atoms with Gasteiger partial charge in [0.15, 0.2) is 0 Å². The van der Waals surface area contributed by atoms with Crippen molar-refractivity contribution in [3.05, 3.63) is 27.6 Å². The summed E-state index contributed by atoms with van der Waals surface area (Å²) in [4.78, 5) is 19.4. The highest BCUT2D eigenvalue weighted by Crippen LogP contribution is 2.19. The Hall–Kier alpha value is -0.910. The average molecular weight is 218 g/mol. The molecule has 0 unspecified atom stereocenters. The fourth-order valence-corrected chi connectivity index (χ4v) is 1.89. The Bertz CT molecular complexity index is 464. The van der Waals surface area contributed by atoms with Gasteiger partial charge in [0.1, 0.15) is 4.83 Å². The molecule has 0 spiro atoms. The normalized spacial score (nSPS) is 9.92. The molecule has 13 heavy (non-hydrogen) atoms. The van der Waals surface area contributed by atoms with E-state index < -0.39 is 0 Å². The van der Waals surface area contributed by atoms with E-state index >= 15 is 0 Å². The number of rotatable bonds is 1. The number of fused-ring (bicyclic) bond motifs is 1. The molecule has 0 aromatic carbocycles. The zero-order valence-corrected chi connectivity index (χ0v) is 8.24. The van der Waals surface area contributed by atoms with Crippen molar-refractivity contribution in [2.24, 2.45) is 5.73 Å². The molecule has 0 aliphatic carbocycles. The standard InChI is InChI=1S/C7H7N3OS.ClH/c8-2-4-1-5-6(11)9-3-10-7(5)12-4;/h1,3H,2,8H2,(H,9,10,11);1H. The summed E-state index contributed by atoms with van der Waals surface area (Å²) in [6.07, 6.45) is 1.40. The van der Waals surface area contributed by atoms with Gasteiger partial charge in [-0.25, -0.2) is 4.98 Å². The first-order valence-electron chi connectivity index (χ1n) is 3.47. The molecule has 0 aliphatic rings. The molecule has 0 bridgehead atoms. The number of nitrogens with two attached hydrogens (primary N) is 1. The summed E-state index contributed by atoms with van der Waals surface area (Å²) in [5.41, 5.74) is 5.33. The van der Waals surface area contributed by atoms with Gasteiger partial charge in [-0.05, 0) is 6.07 Å². The van der Waals surface area contributed by atoms with E-state index in [-0.39, 0.29) is 18.0 Å². The van der Waals surface area contributed by atoms with Gasteiger partial charge < -0.3 is 10.7 Å². The van der Waals surface area contributed by atoms with Gasteiger partial charge in [0.2, 0.25) is 0 Å². The molecule has 2 aromatic rings. The Morgan fingerprint density at radius 1 is 1.62 bits per heavy atom. The van der Waals surface area contributed by atoms with Crippen molar-refractivity contribution < 1.29 is 0 Å². The van der Waals surface area contributed by atoms with Crippen LogP contribution in [-0.2, 0) is 6.54 Å². The van der Waals surface area contributed by atoms with Crippen LogP contribution in [-0.4, -0.2) is 9.97 Å². The molecule has 0 radical (unpaired) electrons. The number of hydrogen-bond donors (Lipinski definition) is 2. The van der Waals surface area contributed by atoms with Gasteiger partial charge in [0.25, 0.3) is 5.56 Å². The number of aromatic nitrogens is 2. The van der Waals surface area contributed by atoms with Crippen molar-refractivity contribution >= 4 is 34.0 Å². The number of aromatic amines is 1. The van der Waals surface area contributed by atoms with E-state index in [0.717, 1.165) is 9.71 Å². The SMILES string of the molecule is Cl.NCc1cc2c(=O)[nH]cnc2s1. The van der Waals surface area contributed by atoms with Gasteiger partial charge in [0, 0.05) is 11.4 Å². The van der Waals surface area contributed by atoms with Gasteiger partial charge in [-0.2, -0.15) is 0 Å². The molecule has 3 N–H and O–H groups in total. The van der Waals surface area contributed by atoms with Crippen LogP contribution in [0.5, 0.6) is 0 Å². The number of halogens is 1. The van der Waals surface area contributed by atoms with Crippen molar-refractivity contribution in [3.8, 4) is 0 Å². The summed E-state index contributed by atoms with van der Waals surface area (Å²) in [7, 11) is 0. The van der Waals surface area contributed by atoms with E-state index in [1.807, 2.05) is 0 Å². The predicted octanol–water partition coefficient (Wildman–Crippen LogP) is 0.865. The lowest BCUT2D eigenvalue weighted by Crippen LogP contribution is -2.03. The molecule has 2 heterocycles. The molecule has 0 amide bonds. The van der Waals surface area contributed by atoms with Crippen LogP contribution >= 0.6 is 23.7 Å². The van der Waals surface area contributed by atoms with E-state index in [4.69, 9.17) is 5.73 Å². The third kappa shape index (κ3) is 1.72. The monoisotopic (exact) mass is 217 g/mol. The predicted molar refractivity (Wildman–Crippen MR) is 55.4 cm³/mol. The van der Waals surface area contributed by atoms with Gasteiger partial charge in [0.05, 0.1) is 11.7 Å².